The zero-order valence-corrected chi connectivity index (χ0v) is 15.9. The van der Waals surface area contributed by atoms with Gasteiger partial charge in [-0.1, -0.05) is 23.2 Å². The number of rotatable bonds is 7. The third-order valence-corrected chi connectivity index (χ3v) is 4.23. The largest absolute Gasteiger partial charge is 0.492 e. The summed E-state index contributed by atoms with van der Waals surface area (Å²) in [5, 5.41) is 9.81. The summed E-state index contributed by atoms with van der Waals surface area (Å²) < 4.78 is 11.1. The van der Waals surface area contributed by atoms with Crippen LogP contribution in [-0.2, 0) is 4.79 Å². The van der Waals surface area contributed by atoms with Crippen molar-refractivity contribution in [3.63, 3.8) is 0 Å². The molecule has 5 nitrogen and oxygen atoms in total. The van der Waals surface area contributed by atoms with Gasteiger partial charge in [-0.05, 0) is 58.7 Å². The molecule has 0 radical (unpaired) electrons. The average Bonchev–Trinajstić information content (AvgIpc) is 2.55. The summed E-state index contributed by atoms with van der Waals surface area (Å²) in [5.41, 5.74) is 0.0971. The summed E-state index contributed by atoms with van der Waals surface area (Å²) in [6.45, 7) is 0.287. The van der Waals surface area contributed by atoms with Crippen molar-refractivity contribution in [3.05, 3.63) is 56.5 Å². The number of hydrogen-bond donors (Lipinski definition) is 1. The highest BCUT2D eigenvalue weighted by molar-refractivity contribution is 9.10. The molecule has 2 aromatic rings. The summed E-state index contributed by atoms with van der Waals surface area (Å²) in [4.78, 5) is 22.7. The maximum Gasteiger partial charge on any atom is 0.335 e. The van der Waals surface area contributed by atoms with Gasteiger partial charge in [-0.15, -0.1) is 0 Å². The van der Waals surface area contributed by atoms with Crippen molar-refractivity contribution in [2.45, 2.75) is 12.8 Å². The van der Waals surface area contributed by atoms with Crippen LogP contribution in [0.25, 0.3) is 0 Å². The third-order valence-electron chi connectivity index (χ3n) is 3.08. The first-order chi connectivity index (χ1) is 11.9. The first kappa shape index (κ1) is 19.6. The van der Waals surface area contributed by atoms with E-state index in [1.165, 1.54) is 18.2 Å². The van der Waals surface area contributed by atoms with E-state index < -0.39 is 11.9 Å². The first-order valence-electron chi connectivity index (χ1n) is 7.18. The molecule has 132 valence electrons. The number of carbonyl (C=O) groups is 2. The van der Waals surface area contributed by atoms with Crippen LogP contribution >= 0.6 is 39.1 Å². The van der Waals surface area contributed by atoms with Gasteiger partial charge in [-0.25, -0.2) is 4.79 Å². The number of esters is 1. The van der Waals surface area contributed by atoms with E-state index in [9.17, 15) is 9.59 Å². The van der Waals surface area contributed by atoms with Gasteiger partial charge >= 0.3 is 11.9 Å². The second-order valence-electron chi connectivity index (χ2n) is 4.95. The molecule has 0 bridgehead atoms. The highest BCUT2D eigenvalue weighted by atomic mass is 79.9. The Hall–Kier alpha value is -1.76. The maximum absolute atomic E-state index is 11.8. The van der Waals surface area contributed by atoms with Gasteiger partial charge in [0.1, 0.15) is 11.5 Å². The van der Waals surface area contributed by atoms with Crippen LogP contribution in [0.3, 0.4) is 0 Å². The van der Waals surface area contributed by atoms with E-state index in [4.69, 9.17) is 37.8 Å². The van der Waals surface area contributed by atoms with Crippen molar-refractivity contribution in [2.24, 2.45) is 0 Å². The minimum absolute atomic E-state index is 0.0971. The fourth-order valence-electron chi connectivity index (χ4n) is 1.88. The molecule has 0 spiro atoms. The van der Waals surface area contributed by atoms with Crippen molar-refractivity contribution in [3.8, 4) is 11.5 Å². The fraction of sp³-hybridized carbons (Fsp3) is 0.176. The molecule has 25 heavy (non-hydrogen) atoms. The number of hydrogen-bond acceptors (Lipinski definition) is 4. The number of carboxylic acids is 1. The predicted octanol–water partition coefficient (Wildman–Crippen LogP) is 5.22. The lowest BCUT2D eigenvalue weighted by Crippen LogP contribution is -2.10. The van der Waals surface area contributed by atoms with Crippen LogP contribution in [-0.4, -0.2) is 23.7 Å². The Kier molecular flexibility index (Phi) is 7.11. The van der Waals surface area contributed by atoms with Crippen molar-refractivity contribution in [1.82, 2.24) is 0 Å². The summed E-state index contributed by atoms with van der Waals surface area (Å²) >= 11 is 15.0. The van der Waals surface area contributed by atoms with Gasteiger partial charge in [0.25, 0.3) is 0 Å². The molecule has 1 N–H and O–H groups in total. The van der Waals surface area contributed by atoms with E-state index in [1.807, 2.05) is 0 Å². The van der Waals surface area contributed by atoms with Gasteiger partial charge < -0.3 is 14.6 Å². The molecule has 0 aliphatic rings. The van der Waals surface area contributed by atoms with E-state index in [0.29, 0.717) is 26.7 Å². The van der Waals surface area contributed by atoms with Crippen molar-refractivity contribution >= 4 is 51.1 Å². The highest BCUT2D eigenvalue weighted by Crippen LogP contribution is 2.28. The molecule has 0 saturated heterocycles. The number of ether oxygens (including phenoxy) is 2. The van der Waals surface area contributed by atoms with E-state index in [0.717, 1.165) is 0 Å². The van der Waals surface area contributed by atoms with Crippen LogP contribution in [0, 0.1) is 0 Å². The van der Waals surface area contributed by atoms with Crippen LogP contribution in [0.15, 0.2) is 40.9 Å². The number of aromatic carboxylic acids is 1. The van der Waals surface area contributed by atoms with Crippen LogP contribution in [0.1, 0.15) is 23.2 Å². The van der Waals surface area contributed by atoms with Crippen molar-refractivity contribution in [1.29, 1.82) is 0 Å². The predicted molar refractivity (Wildman–Crippen MR) is 97.9 cm³/mol. The average molecular weight is 448 g/mol. The van der Waals surface area contributed by atoms with E-state index >= 15 is 0 Å². The van der Waals surface area contributed by atoms with Crippen molar-refractivity contribution in [2.75, 3.05) is 6.61 Å². The lowest BCUT2D eigenvalue weighted by Gasteiger charge is -2.09. The number of carboxylic acid groups (broad SMARTS) is 1. The topological polar surface area (TPSA) is 72.8 Å². The van der Waals surface area contributed by atoms with Gasteiger partial charge in [-0.3, -0.25) is 4.79 Å². The summed E-state index contributed by atoms with van der Waals surface area (Å²) in [7, 11) is 0. The Balaban J connectivity index is 1.80. The number of benzene rings is 2. The van der Waals surface area contributed by atoms with Gasteiger partial charge in [0.15, 0.2) is 0 Å². The van der Waals surface area contributed by atoms with Gasteiger partial charge in [0, 0.05) is 11.4 Å². The molecule has 8 heteroatoms. The van der Waals surface area contributed by atoms with Crippen LogP contribution in [0.2, 0.25) is 10.0 Å². The van der Waals surface area contributed by atoms with Crippen LogP contribution < -0.4 is 9.47 Å². The molecule has 0 fully saturated rings. The Morgan fingerprint density at radius 2 is 1.80 bits per heavy atom. The first-order valence-corrected chi connectivity index (χ1v) is 8.73. The number of carbonyl (C=O) groups excluding carboxylic acids is 1. The monoisotopic (exact) mass is 446 g/mol. The van der Waals surface area contributed by atoms with Crippen LogP contribution in [0.4, 0.5) is 0 Å². The molecular weight excluding hydrogens is 435 g/mol. The summed E-state index contributed by atoms with van der Waals surface area (Å²) in [5.74, 6) is -0.755. The molecule has 2 aromatic carbocycles. The second kappa shape index (κ2) is 9.08. The molecular formula is C17H13BrCl2O5. The molecule has 0 heterocycles. The summed E-state index contributed by atoms with van der Waals surface area (Å²) in [6.07, 6.45) is 0.570. The Bertz CT molecular complexity index is 795. The Labute approximate surface area is 162 Å². The molecule has 0 aromatic heterocycles. The quantitative estimate of drug-likeness (QED) is 0.358. The third kappa shape index (κ3) is 5.92. The minimum Gasteiger partial charge on any atom is -0.492 e. The SMILES string of the molecule is O=C(CCCOc1ccc(Cl)cc1Cl)Oc1ccc(C(=O)O)cc1Br. The van der Waals surface area contributed by atoms with E-state index in [1.54, 1.807) is 18.2 Å². The van der Waals surface area contributed by atoms with Crippen LogP contribution in [0.5, 0.6) is 11.5 Å². The lowest BCUT2D eigenvalue weighted by molar-refractivity contribution is -0.134. The van der Waals surface area contributed by atoms with Crippen molar-refractivity contribution < 1.29 is 24.2 Å². The Morgan fingerprint density at radius 3 is 2.44 bits per heavy atom. The molecule has 0 aliphatic carbocycles. The standard InChI is InChI=1S/C17H13BrCl2O5/c18-12-8-10(17(22)23)3-5-14(12)25-16(21)2-1-7-24-15-6-4-11(19)9-13(15)20/h3-6,8-9H,1-2,7H2,(H,22,23). The molecule has 0 aliphatic heterocycles. The molecule has 0 saturated carbocycles. The number of halogens is 3. The maximum atomic E-state index is 11.8. The second-order valence-corrected chi connectivity index (χ2v) is 6.65. The molecule has 0 atom stereocenters. The molecule has 0 unspecified atom stereocenters. The molecule has 0 amide bonds. The lowest BCUT2D eigenvalue weighted by atomic mass is 10.2. The van der Waals surface area contributed by atoms with E-state index in [2.05, 4.69) is 15.9 Å². The zero-order valence-electron chi connectivity index (χ0n) is 12.8. The minimum atomic E-state index is -1.06. The van der Waals surface area contributed by atoms with Gasteiger partial charge in [0.05, 0.1) is 21.7 Å². The highest BCUT2D eigenvalue weighted by Gasteiger charge is 2.11. The normalized spacial score (nSPS) is 10.4. The van der Waals surface area contributed by atoms with Gasteiger partial charge in [-0.2, -0.15) is 0 Å². The Morgan fingerprint density at radius 1 is 1.08 bits per heavy atom. The fourth-order valence-corrected chi connectivity index (χ4v) is 2.80. The van der Waals surface area contributed by atoms with Gasteiger partial charge in [0.2, 0.25) is 0 Å². The zero-order chi connectivity index (χ0) is 18.4. The smallest absolute Gasteiger partial charge is 0.335 e. The van der Waals surface area contributed by atoms with E-state index in [-0.39, 0.29) is 24.3 Å². The molecule has 2 rings (SSSR count). The summed E-state index contributed by atoms with van der Waals surface area (Å²) in [6, 6.07) is 9.05.